The third-order valence-corrected chi connectivity index (χ3v) is 4.56. The predicted octanol–water partition coefficient (Wildman–Crippen LogP) is 3.63. The summed E-state index contributed by atoms with van der Waals surface area (Å²) in [7, 11) is 0. The quantitative estimate of drug-likeness (QED) is 0.877. The van der Waals surface area contributed by atoms with Crippen molar-refractivity contribution in [2.24, 2.45) is 0 Å². The van der Waals surface area contributed by atoms with E-state index in [1.807, 2.05) is 16.8 Å². The maximum Gasteiger partial charge on any atom is 0.387 e. The van der Waals surface area contributed by atoms with Crippen LogP contribution in [-0.2, 0) is 11.3 Å². The molecule has 2 heterocycles. The summed E-state index contributed by atoms with van der Waals surface area (Å²) in [6, 6.07) is 8.18. The molecule has 2 amide bonds. The first-order valence-corrected chi connectivity index (χ1v) is 8.76. The normalized spacial score (nSPS) is 17.6. The number of ether oxygens (including phenoxy) is 2. The molecule has 1 aromatic heterocycles. The van der Waals surface area contributed by atoms with Crippen LogP contribution in [0.15, 0.2) is 41.1 Å². The van der Waals surface area contributed by atoms with Crippen LogP contribution in [0.4, 0.5) is 13.6 Å². The van der Waals surface area contributed by atoms with Crippen LogP contribution in [0.25, 0.3) is 0 Å². The Kier molecular flexibility index (Phi) is 5.83. The number of urea groups is 1. The highest BCUT2D eigenvalue weighted by Crippen LogP contribution is 2.26. The molecule has 134 valence electrons. The second kappa shape index (κ2) is 8.26. The largest absolute Gasteiger partial charge is 0.435 e. The zero-order valence-electron chi connectivity index (χ0n) is 13.4. The fourth-order valence-corrected chi connectivity index (χ4v) is 3.28. The van der Waals surface area contributed by atoms with E-state index in [1.54, 1.807) is 28.4 Å². The van der Waals surface area contributed by atoms with Crippen molar-refractivity contribution in [3.63, 3.8) is 0 Å². The van der Waals surface area contributed by atoms with Crippen molar-refractivity contribution in [3.8, 4) is 5.75 Å². The number of carbonyl (C=O) groups is 1. The summed E-state index contributed by atoms with van der Waals surface area (Å²) in [4.78, 5) is 14.0. The highest BCUT2D eigenvalue weighted by Gasteiger charge is 2.25. The van der Waals surface area contributed by atoms with Gasteiger partial charge < -0.3 is 19.7 Å². The number of hydrogen-bond donors (Lipinski definition) is 1. The SMILES string of the molecule is O=C(NCc1ccsc1)N1CCO[C@@H](c2cccc(OC(F)F)c2)C1. The van der Waals surface area contributed by atoms with Crippen molar-refractivity contribution < 1.29 is 23.0 Å². The smallest absolute Gasteiger partial charge is 0.387 e. The third-order valence-electron chi connectivity index (χ3n) is 3.83. The van der Waals surface area contributed by atoms with Gasteiger partial charge in [0.1, 0.15) is 11.9 Å². The minimum absolute atomic E-state index is 0.0788. The predicted molar refractivity (Wildman–Crippen MR) is 89.9 cm³/mol. The molecule has 1 aromatic carbocycles. The number of thiophene rings is 1. The summed E-state index contributed by atoms with van der Waals surface area (Å²) in [5, 5.41) is 6.82. The van der Waals surface area contributed by atoms with E-state index in [2.05, 4.69) is 10.1 Å². The van der Waals surface area contributed by atoms with Gasteiger partial charge in [-0.2, -0.15) is 20.1 Å². The molecule has 0 spiro atoms. The molecular weight excluding hydrogens is 350 g/mol. The lowest BCUT2D eigenvalue weighted by Crippen LogP contribution is -2.46. The number of nitrogens with one attached hydrogen (secondary N) is 1. The number of amides is 2. The van der Waals surface area contributed by atoms with Gasteiger partial charge in [-0.3, -0.25) is 0 Å². The van der Waals surface area contributed by atoms with E-state index in [0.29, 0.717) is 31.8 Å². The van der Waals surface area contributed by atoms with Gasteiger partial charge in [0.05, 0.1) is 13.2 Å². The van der Waals surface area contributed by atoms with Crippen LogP contribution in [0.1, 0.15) is 17.2 Å². The lowest BCUT2D eigenvalue weighted by molar-refractivity contribution is -0.0503. The lowest BCUT2D eigenvalue weighted by atomic mass is 10.1. The van der Waals surface area contributed by atoms with E-state index >= 15 is 0 Å². The monoisotopic (exact) mass is 368 g/mol. The number of carbonyl (C=O) groups excluding carboxylic acids is 1. The molecule has 1 saturated heterocycles. The molecule has 8 heteroatoms. The van der Waals surface area contributed by atoms with Gasteiger partial charge in [-0.25, -0.2) is 4.79 Å². The topological polar surface area (TPSA) is 50.8 Å². The Morgan fingerprint density at radius 2 is 2.32 bits per heavy atom. The van der Waals surface area contributed by atoms with Crippen LogP contribution in [-0.4, -0.2) is 37.2 Å². The molecule has 1 N–H and O–H groups in total. The lowest BCUT2D eigenvalue weighted by Gasteiger charge is -2.33. The maximum atomic E-state index is 12.3. The van der Waals surface area contributed by atoms with Crippen molar-refractivity contribution in [3.05, 3.63) is 52.2 Å². The van der Waals surface area contributed by atoms with Gasteiger partial charge in [-0.15, -0.1) is 0 Å². The van der Waals surface area contributed by atoms with Crippen LogP contribution in [0.5, 0.6) is 5.75 Å². The highest BCUT2D eigenvalue weighted by molar-refractivity contribution is 7.07. The number of benzene rings is 1. The minimum Gasteiger partial charge on any atom is -0.435 e. The van der Waals surface area contributed by atoms with E-state index in [4.69, 9.17) is 4.74 Å². The van der Waals surface area contributed by atoms with Crippen molar-refractivity contribution >= 4 is 17.4 Å². The van der Waals surface area contributed by atoms with Gasteiger partial charge in [0.2, 0.25) is 0 Å². The molecule has 1 atom stereocenters. The molecule has 0 saturated carbocycles. The maximum absolute atomic E-state index is 12.3. The first-order chi connectivity index (χ1) is 12.1. The summed E-state index contributed by atoms with van der Waals surface area (Å²) in [6.45, 7) is -1.17. The third kappa shape index (κ3) is 4.90. The van der Waals surface area contributed by atoms with Crippen LogP contribution < -0.4 is 10.1 Å². The van der Waals surface area contributed by atoms with Crippen molar-refractivity contribution in [2.45, 2.75) is 19.3 Å². The molecule has 25 heavy (non-hydrogen) atoms. The molecule has 0 aliphatic carbocycles. The van der Waals surface area contributed by atoms with E-state index in [0.717, 1.165) is 5.56 Å². The summed E-state index contributed by atoms with van der Waals surface area (Å²) in [5.74, 6) is 0.0788. The molecule has 2 aromatic rings. The van der Waals surface area contributed by atoms with E-state index in [-0.39, 0.29) is 17.9 Å². The van der Waals surface area contributed by atoms with Crippen molar-refractivity contribution in [1.82, 2.24) is 10.2 Å². The Labute approximate surface area is 148 Å². The van der Waals surface area contributed by atoms with Gasteiger partial charge in [0, 0.05) is 13.1 Å². The molecule has 1 aliphatic heterocycles. The molecule has 1 aliphatic rings. The fourth-order valence-electron chi connectivity index (χ4n) is 2.61. The molecular formula is C17H18F2N2O3S. The molecule has 1 fully saturated rings. The Balaban J connectivity index is 1.59. The molecule has 3 rings (SSSR count). The van der Waals surface area contributed by atoms with Gasteiger partial charge in [-0.1, -0.05) is 12.1 Å². The van der Waals surface area contributed by atoms with Crippen LogP contribution in [0.2, 0.25) is 0 Å². The van der Waals surface area contributed by atoms with Crippen molar-refractivity contribution in [1.29, 1.82) is 0 Å². The van der Waals surface area contributed by atoms with Crippen molar-refractivity contribution in [2.75, 3.05) is 19.7 Å². The zero-order chi connectivity index (χ0) is 17.6. The Bertz CT molecular complexity index is 697. The molecule has 0 unspecified atom stereocenters. The zero-order valence-corrected chi connectivity index (χ0v) is 14.2. The van der Waals surface area contributed by atoms with Gasteiger partial charge in [0.25, 0.3) is 0 Å². The number of halogens is 2. The Hall–Kier alpha value is -2.19. The number of morpholine rings is 1. The first kappa shape index (κ1) is 17.6. The highest BCUT2D eigenvalue weighted by atomic mass is 32.1. The number of alkyl halides is 2. The second-order valence-electron chi connectivity index (χ2n) is 5.55. The van der Waals surface area contributed by atoms with Gasteiger partial charge >= 0.3 is 12.6 Å². The van der Waals surface area contributed by atoms with Crippen LogP contribution in [0.3, 0.4) is 0 Å². The minimum atomic E-state index is -2.87. The van der Waals surface area contributed by atoms with E-state index < -0.39 is 6.61 Å². The Morgan fingerprint density at radius 1 is 1.44 bits per heavy atom. The number of hydrogen-bond acceptors (Lipinski definition) is 4. The molecule has 0 bridgehead atoms. The summed E-state index contributed by atoms with van der Waals surface area (Å²) in [5.41, 5.74) is 1.76. The molecule has 0 radical (unpaired) electrons. The standard InChI is InChI=1S/C17H18F2N2O3S/c18-16(19)24-14-3-1-2-13(8-14)15-10-21(5-6-23-15)17(22)20-9-12-4-7-25-11-12/h1-4,7-8,11,15-16H,5-6,9-10H2,(H,20,22)/t15-/m1/s1. The average Bonchev–Trinajstić information content (AvgIpc) is 3.13. The Morgan fingerprint density at radius 3 is 3.08 bits per heavy atom. The fraction of sp³-hybridized carbons (Fsp3) is 0.353. The molecule has 5 nitrogen and oxygen atoms in total. The van der Waals surface area contributed by atoms with Crippen LogP contribution >= 0.6 is 11.3 Å². The average molecular weight is 368 g/mol. The van der Waals surface area contributed by atoms with Gasteiger partial charge in [0.15, 0.2) is 0 Å². The second-order valence-corrected chi connectivity index (χ2v) is 6.33. The van der Waals surface area contributed by atoms with E-state index in [9.17, 15) is 13.6 Å². The van der Waals surface area contributed by atoms with Crippen LogP contribution in [0, 0.1) is 0 Å². The van der Waals surface area contributed by atoms with E-state index in [1.165, 1.54) is 12.1 Å². The number of rotatable bonds is 5. The summed E-state index contributed by atoms with van der Waals surface area (Å²) in [6.07, 6.45) is -0.373. The summed E-state index contributed by atoms with van der Waals surface area (Å²) >= 11 is 1.58. The first-order valence-electron chi connectivity index (χ1n) is 7.82. The number of nitrogens with zero attached hydrogens (tertiary/aromatic N) is 1. The van der Waals surface area contributed by atoms with Gasteiger partial charge in [-0.05, 0) is 40.1 Å². The summed E-state index contributed by atoms with van der Waals surface area (Å²) < 4.78 is 34.8.